The van der Waals surface area contributed by atoms with Gasteiger partial charge in [0.15, 0.2) is 0 Å². The van der Waals surface area contributed by atoms with Crippen LogP contribution in [0, 0.1) is 0 Å². The van der Waals surface area contributed by atoms with E-state index in [9.17, 15) is 0 Å². The quantitative estimate of drug-likeness (QED) is 0.262. The molecule has 4 aromatic rings. The summed E-state index contributed by atoms with van der Waals surface area (Å²) in [6, 6.07) is 34.0. The first-order valence-corrected chi connectivity index (χ1v) is 10.5. The van der Waals surface area contributed by atoms with Gasteiger partial charge in [0, 0.05) is 0 Å². The zero-order chi connectivity index (χ0) is 19.8. The summed E-state index contributed by atoms with van der Waals surface area (Å²) in [5.41, 5.74) is 12.5. The minimum atomic E-state index is -0.233. The molecule has 2 aliphatic carbocycles. The third-order valence-corrected chi connectivity index (χ3v) is 6.82. The van der Waals surface area contributed by atoms with Gasteiger partial charge in [-0.05, 0) is 55.5 Å². The molecule has 0 aromatic heterocycles. The van der Waals surface area contributed by atoms with Crippen LogP contribution in [0.3, 0.4) is 0 Å². The van der Waals surface area contributed by atoms with Crippen LogP contribution in [0.4, 0.5) is 0 Å². The Kier molecular flexibility index (Phi) is 3.17. The third kappa shape index (κ3) is 1.94. The van der Waals surface area contributed by atoms with E-state index in [1.54, 1.807) is 0 Å². The maximum absolute atomic E-state index is 2.35. The number of benzene rings is 4. The summed E-state index contributed by atoms with van der Waals surface area (Å²) in [7, 11) is 0. The van der Waals surface area contributed by atoms with Crippen molar-refractivity contribution in [2.75, 3.05) is 0 Å². The molecule has 0 radical (unpaired) electrons. The van der Waals surface area contributed by atoms with Crippen LogP contribution in [0.25, 0.3) is 22.3 Å². The molecule has 0 nitrogen and oxygen atoms in total. The number of rotatable bonds is 0. The molecule has 0 bridgehead atoms. The maximum atomic E-state index is 2.35. The van der Waals surface area contributed by atoms with E-state index < -0.39 is 0 Å². The van der Waals surface area contributed by atoms with Crippen molar-refractivity contribution in [3.8, 4) is 22.3 Å². The van der Waals surface area contributed by atoms with Gasteiger partial charge in [-0.3, -0.25) is 0 Å². The van der Waals surface area contributed by atoms with Crippen molar-refractivity contribution in [2.24, 2.45) is 0 Å². The van der Waals surface area contributed by atoms with Crippen LogP contribution in [-0.2, 0) is 10.8 Å². The average Bonchev–Trinajstić information content (AvgIpc) is 3.21. The van der Waals surface area contributed by atoms with E-state index in [1.165, 1.54) is 50.1 Å². The summed E-state index contributed by atoms with van der Waals surface area (Å²) in [5.74, 6) is 0. The molecule has 1 spiro atoms. The number of hydrogen-bond donors (Lipinski definition) is 0. The summed E-state index contributed by atoms with van der Waals surface area (Å²) in [5, 5.41) is 0. The van der Waals surface area contributed by atoms with Crippen LogP contribution in [0.1, 0.15) is 48.6 Å². The molecule has 2 aliphatic rings. The second kappa shape index (κ2) is 5.48. The third-order valence-electron chi connectivity index (χ3n) is 6.82. The summed E-state index contributed by atoms with van der Waals surface area (Å²) in [6.07, 6.45) is 0. The molecule has 0 saturated heterocycles. The van der Waals surface area contributed by atoms with E-state index in [-0.39, 0.29) is 10.8 Å². The van der Waals surface area contributed by atoms with Crippen molar-refractivity contribution in [1.82, 2.24) is 0 Å². The molecule has 140 valence electrons. The van der Waals surface area contributed by atoms with Crippen molar-refractivity contribution in [1.29, 1.82) is 0 Å². The average molecular weight is 373 g/mol. The van der Waals surface area contributed by atoms with Gasteiger partial charge in [0.05, 0.1) is 5.41 Å². The van der Waals surface area contributed by atoms with E-state index in [1.807, 2.05) is 0 Å². The SMILES string of the molecule is CC(C)(C)c1cccc2c1C1(c3ccccc3-c3ccccc31)c1ccccc1-2. The van der Waals surface area contributed by atoms with E-state index in [2.05, 4.69) is 112 Å². The lowest BCUT2D eigenvalue weighted by molar-refractivity contribution is 0.574. The summed E-state index contributed by atoms with van der Waals surface area (Å²) >= 11 is 0. The standard InChI is InChI=1S/C29H24/c1-28(2,3)26-18-10-14-22-21-13-6-9-17-25(21)29(27(22)26)23-15-7-4-11-19(23)20-12-5-8-16-24(20)29/h4-18H,1-3H3. The van der Waals surface area contributed by atoms with Gasteiger partial charge in [-0.25, -0.2) is 0 Å². The summed E-state index contributed by atoms with van der Waals surface area (Å²) in [6.45, 7) is 7.02. The van der Waals surface area contributed by atoms with Crippen molar-refractivity contribution >= 4 is 0 Å². The molecule has 0 unspecified atom stereocenters. The fraction of sp³-hybridized carbons (Fsp3) is 0.172. The molecule has 6 rings (SSSR count). The Bertz CT molecular complexity index is 1220. The minimum Gasteiger partial charge on any atom is -0.0619 e. The van der Waals surface area contributed by atoms with Crippen molar-refractivity contribution in [3.05, 3.63) is 119 Å². The normalized spacial score (nSPS) is 15.0. The van der Waals surface area contributed by atoms with Crippen LogP contribution in [0.5, 0.6) is 0 Å². The first kappa shape index (κ1) is 16.8. The molecule has 0 saturated carbocycles. The Morgan fingerprint density at radius 3 is 1.38 bits per heavy atom. The van der Waals surface area contributed by atoms with Gasteiger partial charge in [-0.1, -0.05) is 112 Å². The maximum Gasteiger partial charge on any atom is 0.0728 e. The molecule has 0 N–H and O–H groups in total. The lowest BCUT2D eigenvalue weighted by atomic mass is 9.66. The van der Waals surface area contributed by atoms with Gasteiger partial charge < -0.3 is 0 Å². The highest BCUT2D eigenvalue weighted by Gasteiger charge is 2.53. The second-order valence-corrected chi connectivity index (χ2v) is 9.36. The first-order valence-electron chi connectivity index (χ1n) is 10.5. The van der Waals surface area contributed by atoms with Gasteiger partial charge in [-0.15, -0.1) is 0 Å². The smallest absolute Gasteiger partial charge is 0.0619 e. The molecule has 29 heavy (non-hydrogen) atoms. The minimum absolute atomic E-state index is 0.0624. The fourth-order valence-corrected chi connectivity index (χ4v) is 5.78. The highest BCUT2D eigenvalue weighted by molar-refractivity contribution is 5.95. The lowest BCUT2D eigenvalue weighted by Crippen LogP contribution is -2.29. The van der Waals surface area contributed by atoms with Crippen LogP contribution in [-0.4, -0.2) is 0 Å². The van der Waals surface area contributed by atoms with E-state index in [0.717, 1.165) is 0 Å². The van der Waals surface area contributed by atoms with Crippen LogP contribution >= 0.6 is 0 Å². The Balaban J connectivity index is 1.89. The highest BCUT2D eigenvalue weighted by Crippen LogP contribution is 2.64. The number of fused-ring (bicyclic) bond motifs is 10. The van der Waals surface area contributed by atoms with Crippen molar-refractivity contribution < 1.29 is 0 Å². The van der Waals surface area contributed by atoms with E-state index in [0.29, 0.717) is 0 Å². The van der Waals surface area contributed by atoms with Gasteiger partial charge in [0.1, 0.15) is 0 Å². The zero-order valence-electron chi connectivity index (χ0n) is 17.2. The van der Waals surface area contributed by atoms with Gasteiger partial charge in [0.25, 0.3) is 0 Å². The molecule has 0 atom stereocenters. The Hall–Kier alpha value is -3.12. The predicted octanol–water partition coefficient (Wildman–Crippen LogP) is 7.33. The van der Waals surface area contributed by atoms with Crippen LogP contribution in [0.2, 0.25) is 0 Å². The predicted molar refractivity (Wildman–Crippen MR) is 121 cm³/mol. The molecule has 0 aliphatic heterocycles. The molecule has 0 fully saturated rings. The van der Waals surface area contributed by atoms with Crippen LogP contribution < -0.4 is 0 Å². The van der Waals surface area contributed by atoms with Crippen molar-refractivity contribution in [2.45, 2.75) is 31.6 Å². The first-order chi connectivity index (χ1) is 14.0. The van der Waals surface area contributed by atoms with Crippen LogP contribution in [0.15, 0.2) is 91.0 Å². The molecular weight excluding hydrogens is 348 g/mol. The largest absolute Gasteiger partial charge is 0.0728 e. The fourth-order valence-electron chi connectivity index (χ4n) is 5.78. The number of hydrogen-bond acceptors (Lipinski definition) is 0. The molecule has 0 heterocycles. The Morgan fingerprint density at radius 1 is 0.483 bits per heavy atom. The Morgan fingerprint density at radius 2 is 0.897 bits per heavy atom. The topological polar surface area (TPSA) is 0 Å². The lowest BCUT2D eigenvalue weighted by Gasteiger charge is -2.35. The van der Waals surface area contributed by atoms with E-state index in [4.69, 9.17) is 0 Å². The molecule has 0 heteroatoms. The van der Waals surface area contributed by atoms with Gasteiger partial charge in [-0.2, -0.15) is 0 Å². The second-order valence-electron chi connectivity index (χ2n) is 9.36. The van der Waals surface area contributed by atoms with Gasteiger partial charge >= 0.3 is 0 Å². The molecule has 0 amide bonds. The Labute approximate surface area is 172 Å². The van der Waals surface area contributed by atoms with Gasteiger partial charge in [0.2, 0.25) is 0 Å². The zero-order valence-corrected chi connectivity index (χ0v) is 17.2. The van der Waals surface area contributed by atoms with E-state index >= 15 is 0 Å². The van der Waals surface area contributed by atoms with Crippen molar-refractivity contribution in [3.63, 3.8) is 0 Å². The monoisotopic (exact) mass is 372 g/mol. The molecule has 4 aromatic carbocycles. The summed E-state index contributed by atoms with van der Waals surface area (Å²) in [4.78, 5) is 0. The highest BCUT2D eigenvalue weighted by atomic mass is 14.5. The summed E-state index contributed by atoms with van der Waals surface area (Å²) < 4.78 is 0. The molecular formula is C29H24.